The van der Waals surface area contributed by atoms with Gasteiger partial charge in [-0.05, 0) is 37.3 Å². The van der Waals surface area contributed by atoms with Gasteiger partial charge in [-0.25, -0.2) is 5.43 Å². The van der Waals surface area contributed by atoms with E-state index in [-0.39, 0.29) is 5.54 Å². The lowest BCUT2D eigenvalue weighted by molar-refractivity contribution is 0.133. The molecule has 0 radical (unpaired) electrons. The molecule has 1 fully saturated rings. The van der Waals surface area contributed by atoms with Gasteiger partial charge >= 0.3 is 0 Å². The zero-order valence-corrected chi connectivity index (χ0v) is 13.3. The molecule has 1 N–H and O–H groups in total. The summed E-state index contributed by atoms with van der Waals surface area (Å²) in [5.74, 6) is 1.24. The zero-order chi connectivity index (χ0) is 15.2. The molecule has 114 valence electrons. The predicted octanol–water partition coefficient (Wildman–Crippen LogP) is 4.16. The van der Waals surface area contributed by atoms with Crippen molar-refractivity contribution in [1.29, 1.82) is 0 Å². The molecule has 1 heterocycles. The fourth-order valence-electron chi connectivity index (χ4n) is 4.43. The fraction of sp³-hybridized carbons (Fsp3) is 0.400. The van der Waals surface area contributed by atoms with Crippen LogP contribution in [0, 0.1) is 5.92 Å². The number of hydrogen-bond acceptors (Lipinski definition) is 2. The first-order valence-corrected chi connectivity index (χ1v) is 8.30. The van der Waals surface area contributed by atoms with Crippen LogP contribution in [0.1, 0.15) is 37.7 Å². The van der Waals surface area contributed by atoms with Gasteiger partial charge in [0.15, 0.2) is 0 Å². The number of nitrogens with one attached hydrogen (secondary N) is 1. The SMILES string of the molecule is C=CN1NCC2CC3=C(C=CC(c4ccccc4)C3)CC21C. The van der Waals surface area contributed by atoms with Crippen molar-refractivity contribution in [2.24, 2.45) is 5.92 Å². The summed E-state index contributed by atoms with van der Waals surface area (Å²) in [6.07, 6.45) is 10.3. The van der Waals surface area contributed by atoms with E-state index in [4.69, 9.17) is 0 Å². The Labute approximate surface area is 133 Å². The standard InChI is InChI=1S/C20H24N2/c1-3-22-20(2)13-17-10-9-16(15-7-5-4-6-8-15)11-18(17)12-19(20)14-21-22/h3-10,16,19,21H,1,11-14H2,2H3. The molecular weight excluding hydrogens is 268 g/mol. The third-order valence-corrected chi connectivity index (χ3v) is 5.84. The first-order valence-electron chi connectivity index (χ1n) is 8.30. The van der Waals surface area contributed by atoms with E-state index in [1.54, 1.807) is 11.1 Å². The molecular formula is C20H24N2. The number of hydrogen-bond donors (Lipinski definition) is 1. The highest BCUT2D eigenvalue weighted by atomic mass is 15.6. The summed E-state index contributed by atoms with van der Waals surface area (Å²) >= 11 is 0. The molecule has 2 aliphatic carbocycles. The largest absolute Gasteiger partial charge is 0.310 e. The van der Waals surface area contributed by atoms with Gasteiger partial charge in [-0.15, -0.1) is 0 Å². The smallest absolute Gasteiger partial charge is 0.0612 e. The zero-order valence-electron chi connectivity index (χ0n) is 13.3. The number of nitrogens with zero attached hydrogens (tertiary/aromatic N) is 1. The van der Waals surface area contributed by atoms with Crippen LogP contribution in [0.15, 0.2) is 66.4 Å². The fourth-order valence-corrected chi connectivity index (χ4v) is 4.43. The number of allylic oxidation sites excluding steroid dienone is 3. The lowest BCUT2D eigenvalue weighted by atomic mass is 9.68. The Morgan fingerprint density at radius 1 is 1.27 bits per heavy atom. The second kappa shape index (κ2) is 5.13. The van der Waals surface area contributed by atoms with Crippen molar-refractivity contribution < 1.29 is 0 Å². The van der Waals surface area contributed by atoms with Gasteiger partial charge in [0.25, 0.3) is 0 Å². The molecule has 0 bridgehead atoms. The summed E-state index contributed by atoms with van der Waals surface area (Å²) in [6, 6.07) is 10.9. The summed E-state index contributed by atoms with van der Waals surface area (Å²) in [7, 11) is 0. The van der Waals surface area contributed by atoms with Gasteiger partial charge in [0.1, 0.15) is 0 Å². The van der Waals surface area contributed by atoms with Gasteiger partial charge in [-0.2, -0.15) is 0 Å². The van der Waals surface area contributed by atoms with Gasteiger partial charge in [0.2, 0.25) is 0 Å². The predicted molar refractivity (Wildman–Crippen MR) is 91.1 cm³/mol. The third kappa shape index (κ3) is 2.05. The van der Waals surface area contributed by atoms with Gasteiger partial charge < -0.3 is 5.01 Å². The van der Waals surface area contributed by atoms with Crippen LogP contribution in [0.5, 0.6) is 0 Å². The third-order valence-electron chi connectivity index (χ3n) is 5.84. The van der Waals surface area contributed by atoms with E-state index in [0.29, 0.717) is 11.8 Å². The average Bonchev–Trinajstić information content (AvgIpc) is 2.88. The van der Waals surface area contributed by atoms with Gasteiger partial charge in [0, 0.05) is 24.6 Å². The minimum Gasteiger partial charge on any atom is -0.310 e. The number of hydrazine groups is 1. The summed E-state index contributed by atoms with van der Waals surface area (Å²) < 4.78 is 0. The average molecular weight is 292 g/mol. The molecule has 1 aliphatic heterocycles. The van der Waals surface area contributed by atoms with Crippen molar-refractivity contribution in [3.63, 3.8) is 0 Å². The Balaban J connectivity index is 1.59. The van der Waals surface area contributed by atoms with Gasteiger partial charge in [0.05, 0.1) is 5.54 Å². The molecule has 0 aromatic heterocycles. The van der Waals surface area contributed by atoms with E-state index < -0.39 is 0 Å². The highest BCUT2D eigenvalue weighted by molar-refractivity contribution is 5.41. The maximum absolute atomic E-state index is 3.96. The van der Waals surface area contributed by atoms with Crippen LogP contribution in [0.2, 0.25) is 0 Å². The van der Waals surface area contributed by atoms with Crippen molar-refractivity contribution in [2.75, 3.05) is 6.54 Å². The van der Waals surface area contributed by atoms with Gasteiger partial charge in [-0.3, -0.25) is 0 Å². The van der Waals surface area contributed by atoms with Crippen molar-refractivity contribution in [3.05, 3.63) is 72.0 Å². The van der Waals surface area contributed by atoms with Crippen molar-refractivity contribution in [2.45, 2.75) is 37.6 Å². The van der Waals surface area contributed by atoms with E-state index in [9.17, 15) is 0 Å². The minimum atomic E-state index is 0.185. The first kappa shape index (κ1) is 13.8. The molecule has 2 heteroatoms. The molecule has 1 aromatic carbocycles. The Kier molecular flexibility index (Phi) is 3.23. The Hall–Kier alpha value is -1.80. The molecule has 2 nitrogen and oxygen atoms in total. The van der Waals surface area contributed by atoms with Crippen LogP contribution in [-0.2, 0) is 0 Å². The molecule has 22 heavy (non-hydrogen) atoms. The van der Waals surface area contributed by atoms with Crippen molar-refractivity contribution >= 4 is 0 Å². The van der Waals surface area contributed by atoms with Crippen LogP contribution in [-0.4, -0.2) is 17.1 Å². The van der Waals surface area contributed by atoms with Crippen LogP contribution in [0.25, 0.3) is 0 Å². The molecule has 3 atom stereocenters. The van der Waals surface area contributed by atoms with Crippen LogP contribution < -0.4 is 5.43 Å². The number of fused-ring (bicyclic) bond motifs is 1. The molecule has 0 amide bonds. The maximum Gasteiger partial charge on any atom is 0.0612 e. The number of rotatable bonds is 2. The molecule has 0 spiro atoms. The highest BCUT2D eigenvalue weighted by Crippen LogP contribution is 2.47. The lowest BCUT2D eigenvalue weighted by Crippen LogP contribution is -2.47. The van der Waals surface area contributed by atoms with Crippen LogP contribution in [0.4, 0.5) is 0 Å². The normalized spacial score (nSPS) is 33.6. The molecule has 1 aromatic rings. The quantitative estimate of drug-likeness (QED) is 0.880. The summed E-state index contributed by atoms with van der Waals surface area (Å²) in [4.78, 5) is 0. The maximum atomic E-state index is 3.96. The molecule has 4 rings (SSSR count). The van der Waals surface area contributed by atoms with E-state index >= 15 is 0 Å². The summed E-state index contributed by atoms with van der Waals surface area (Å²) in [6.45, 7) is 7.41. The van der Waals surface area contributed by atoms with E-state index in [2.05, 4.69) is 66.4 Å². The van der Waals surface area contributed by atoms with E-state index in [1.165, 1.54) is 18.4 Å². The molecule has 0 saturated carbocycles. The second-order valence-corrected chi connectivity index (χ2v) is 7.06. The summed E-state index contributed by atoms with van der Waals surface area (Å²) in [5, 5.41) is 2.23. The second-order valence-electron chi connectivity index (χ2n) is 7.06. The van der Waals surface area contributed by atoms with E-state index in [0.717, 1.165) is 13.0 Å². The van der Waals surface area contributed by atoms with Crippen molar-refractivity contribution in [3.8, 4) is 0 Å². The summed E-state index contributed by atoms with van der Waals surface area (Å²) in [5.41, 5.74) is 8.36. The Morgan fingerprint density at radius 3 is 2.86 bits per heavy atom. The molecule has 3 aliphatic rings. The highest BCUT2D eigenvalue weighted by Gasteiger charge is 2.47. The Bertz CT molecular complexity index is 643. The lowest BCUT2D eigenvalue weighted by Gasteiger charge is -2.43. The molecule has 3 unspecified atom stereocenters. The van der Waals surface area contributed by atoms with Crippen LogP contribution in [0.3, 0.4) is 0 Å². The van der Waals surface area contributed by atoms with Crippen molar-refractivity contribution in [1.82, 2.24) is 10.4 Å². The number of benzene rings is 1. The topological polar surface area (TPSA) is 15.3 Å². The minimum absolute atomic E-state index is 0.185. The Morgan fingerprint density at radius 2 is 2.09 bits per heavy atom. The molecule has 1 saturated heterocycles. The van der Waals surface area contributed by atoms with Crippen LogP contribution >= 0.6 is 0 Å². The first-order chi connectivity index (χ1) is 10.7. The monoisotopic (exact) mass is 292 g/mol. The van der Waals surface area contributed by atoms with Gasteiger partial charge in [-0.1, -0.05) is 54.6 Å². The van der Waals surface area contributed by atoms with E-state index in [1.807, 2.05) is 6.20 Å².